The van der Waals surface area contributed by atoms with Crippen LogP contribution in [0.5, 0.6) is 0 Å². The van der Waals surface area contributed by atoms with Gasteiger partial charge in [0, 0.05) is 11.6 Å². The predicted octanol–water partition coefficient (Wildman–Crippen LogP) is 6.05. The molecule has 0 radical (unpaired) electrons. The number of rotatable bonds is 4. The van der Waals surface area contributed by atoms with E-state index in [1.807, 2.05) is 36.4 Å². The number of nitrogens with one attached hydrogen (secondary N) is 1. The number of para-hydroxylation sites is 2. The molecule has 3 aromatic carbocycles. The number of fused-ring (bicyclic) bond motifs is 2. The molecule has 5 aromatic rings. The SMILES string of the molecule is Nc1c(C(=O)NCc2ccc(Cl)cc2)c2nc3ccccc3nc2n1-c1ccc(Cl)c(Cl)c1. The minimum absolute atomic E-state index is 0.201. The van der Waals surface area contributed by atoms with Crippen LogP contribution in [0.1, 0.15) is 15.9 Å². The fourth-order valence-corrected chi connectivity index (χ4v) is 4.06. The molecule has 6 nitrogen and oxygen atoms in total. The molecule has 0 saturated heterocycles. The molecule has 9 heteroatoms. The van der Waals surface area contributed by atoms with Crippen LogP contribution in [0.2, 0.25) is 15.1 Å². The van der Waals surface area contributed by atoms with Crippen molar-refractivity contribution in [1.29, 1.82) is 0 Å². The molecule has 0 atom stereocenters. The molecule has 0 spiro atoms. The zero-order valence-electron chi connectivity index (χ0n) is 17.0. The van der Waals surface area contributed by atoms with Crippen molar-refractivity contribution in [3.63, 3.8) is 0 Å². The van der Waals surface area contributed by atoms with Crippen molar-refractivity contribution in [2.75, 3.05) is 5.73 Å². The van der Waals surface area contributed by atoms with Crippen molar-refractivity contribution in [1.82, 2.24) is 19.9 Å². The second-order valence-corrected chi connectivity index (χ2v) is 8.64. The standard InChI is InChI=1S/C24H16Cl3N5O/c25-14-7-5-13(6-8-14)12-29-24(33)20-21-23(31-19-4-2-1-3-18(19)30-21)32(22(20)28)15-9-10-16(26)17(27)11-15/h1-11H,12,28H2,(H,29,33). The Hall–Kier alpha value is -3.32. The van der Waals surface area contributed by atoms with Gasteiger partial charge < -0.3 is 11.1 Å². The summed E-state index contributed by atoms with van der Waals surface area (Å²) in [7, 11) is 0. The first-order valence-corrected chi connectivity index (χ1v) is 11.1. The maximum absolute atomic E-state index is 13.3. The van der Waals surface area contributed by atoms with E-state index in [4.69, 9.17) is 50.5 Å². The van der Waals surface area contributed by atoms with Crippen molar-refractivity contribution < 1.29 is 4.79 Å². The van der Waals surface area contributed by atoms with Gasteiger partial charge in [0.05, 0.1) is 26.8 Å². The number of halogens is 3. The first kappa shape index (κ1) is 21.5. The Morgan fingerprint density at radius 1 is 0.909 bits per heavy atom. The summed E-state index contributed by atoms with van der Waals surface area (Å²) >= 11 is 18.3. The van der Waals surface area contributed by atoms with Gasteiger partial charge in [-0.2, -0.15) is 0 Å². The van der Waals surface area contributed by atoms with Crippen LogP contribution in [-0.2, 0) is 6.54 Å². The van der Waals surface area contributed by atoms with Crippen LogP contribution in [0.15, 0.2) is 66.7 Å². The zero-order chi connectivity index (χ0) is 23.1. The van der Waals surface area contributed by atoms with E-state index in [-0.39, 0.29) is 17.3 Å². The molecule has 0 bridgehead atoms. The fourth-order valence-electron chi connectivity index (χ4n) is 3.64. The number of benzene rings is 3. The molecule has 0 aliphatic carbocycles. The highest BCUT2D eigenvalue weighted by atomic mass is 35.5. The average Bonchev–Trinajstić information content (AvgIpc) is 3.09. The first-order valence-electron chi connectivity index (χ1n) is 9.97. The molecule has 164 valence electrons. The first-order chi connectivity index (χ1) is 15.9. The molecular weight excluding hydrogens is 481 g/mol. The second kappa shape index (κ2) is 8.56. The lowest BCUT2D eigenvalue weighted by Gasteiger charge is -2.09. The summed E-state index contributed by atoms with van der Waals surface area (Å²) in [5.74, 6) is -0.164. The quantitative estimate of drug-likeness (QED) is 0.317. The van der Waals surface area contributed by atoms with Crippen molar-refractivity contribution in [2.45, 2.75) is 6.54 Å². The Bertz CT molecular complexity index is 1530. The molecule has 2 heterocycles. The maximum Gasteiger partial charge on any atom is 0.257 e. The maximum atomic E-state index is 13.3. The van der Waals surface area contributed by atoms with Crippen molar-refractivity contribution in [3.05, 3.63) is 92.9 Å². The van der Waals surface area contributed by atoms with Crippen LogP contribution in [0, 0.1) is 0 Å². The fraction of sp³-hybridized carbons (Fsp3) is 0.0417. The molecule has 33 heavy (non-hydrogen) atoms. The lowest BCUT2D eigenvalue weighted by molar-refractivity contribution is 0.0953. The van der Waals surface area contributed by atoms with Crippen LogP contribution in [0.3, 0.4) is 0 Å². The number of aromatic nitrogens is 3. The summed E-state index contributed by atoms with van der Waals surface area (Å²) in [5.41, 5.74) is 10.4. The average molecular weight is 497 g/mol. The summed E-state index contributed by atoms with van der Waals surface area (Å²) in [6.45, 7) is 0.301. The van der Waals surface area contributed by atoms with E-state index in [1.165, 1.54) is 0 Å². The van der Waals surface area contributed by atoms with Crippen molar-refractivity contribution in [2.24, 2.45) is 0 Å². The topological polar surface area (TPSA) is 85.8 Å². The minimum Gasteiger partial charge on any atom is -0.384 e. The number of carbonyl (C=O) groups excluding carboxylic acids is 1. The molecule has 0 aliphatic rings. The monoisotopic (exact) mass is 495 g/mol. The van der Waals surface area contributed by atoms with Gasteiger partial charge in [-0.15, -0.1) is 0 Å². The van der Waals surface area contributed by atoms with E-state index in [1.54, 1.807) is 34.9 Å². The molecule has 5 rings (SSSR count). The molecule has 0 saturated carbocycles. The largest absolute Gasteiger partial charge is 0.384 e. The normalized spacial score (nSPS) is 11.2. The molecule has 3 N–H and O–H groups in total. The van der Waals surface area contributed by atoms with Crippen molar-refractivity contribution in [3.8, 4) is 5.69 Å². The van der Waals surface area contributed by atoms with Gasteiger partial charge >= 0.3 is 0 Å². The number of anilines is 1. The Labute approximate surface area is 203 Å². The van der Waals surface area contributed by atoms with Gasteiger partial charge in [0.25, 0.3) is 5.91 Å². The Morgan fingerprint density at radius 3 is 2.30 bits per heavy atom. The lowest BCUT2D eigenvalue weighted by Crippen LogP contribution is -2.24. The summed E-state index contributed by atoms with van der Waals surface area (Å²) in [6, 6.07) is 19.8. The van der Waals surface area contributed by atoms with Gasteiger partial charge in [-0.25, -0.2) is 9.97 Å². The Kier molecular flexibility index (Phi) is 5.58. The van der Waals surface area contributed by atoms with Crippen LogP contribution in [0.4, 0.5) is 5.82 Å². The number of nitrogen functional groups attached to an aromatic ring is 1. The minimum atomic E-state index is -0.365. The third kappa shape index (κ3) is 3.97. The van der Waals surface area contributed by atoms with Gasteiger partial charge in [0.2, 0.25) is 0 Å². The number of amides is 1. The highest BCUT2D eigenvalue weighted by Gasteiger charge is 2.25. The molecule has 0 aliphatic heterocycles. The highest BCUT2D eigenvalue weighted by molar-refractivity contribution is 6.42. The smallest absolute Gasteiger partial charge is 0.257 e. The van der Waals surface area contributed by atoms with Crippen LogP contribution < -0.4 is 11.1 Å². The Balaban J connectivity index is 1.66. The highest BCUT2D eigenvalue weighted by Crippen LogP contribution is 2.33. The van der Waals surface area contributed by atoms with E-state index >= 15 is 0 Å². The van der Waals surface area contributed by atoms with E-state index < -0.39 is 0 Å². The van der Waals surface area contributed by atoms with Gasteiger partial charge in [0.15, 0.2) is 5.65 Å². The number of hydrogen-bond acceptors (Lipinski definition) is 4. The number of nitrogens with two attached hydrogens (primary N) is 1. The lowest BCUT2D eigenvalue weighted by atomic mass is 10.2. The van der Waals surface area contributed by atoms with Gasteiger partial charge in [-0.1, -0.05) is 59.1 Å². The second-order valence-electron chi connectivity index (χ2n) is 7.39. The predicted molar refractivity (Wildman–Crippen MR) is 133 cm³/mol. The third-order valence-electron chi connectivity index (χ3n) is 5.25. The molecule has 0 unspecified atom stereocenters. The number of hydrogen-bond donors (Lipinski definition) is 2. The van der Waals surface area contributed by atoms with Gasteiger partial charge in [-0.05, 0) is 48.0 Å². The van der Waals surface area contributed by atoms with E-state index in [2.05, 4.69) is 5.32 Å². The molecule has 2 aromatic heterocycles. The molecule has 0 fully saturated rings. The van der Waals surface area contributed by atoms with Crippen LogP contribution in [0.25, 0.3) is 27.9 Å². The Morgan fingerprint density at radius 2 is 1.61 bits per heavy atom. The number of nitrogens with zero attached hydrogens (tertiary/aromatic N) is 3. The summed E-state index contributed by atoms with van der Waals surface area (Å²) < 4.78 is 1.66. The van der Waals surface area contributed by atoms with E-state index in [0.717, 1.165) is 5.56 Å². The summed E-state index contributed by atoms with van der Waals surface area (Å²) in [4.78, 5) is 22.7. The summed E-state index contributed by atoms with van der Waals surface area (Å²) in [5, 5.41) is 4.31. The molecule has 1 amide bonds. The van der Waals surface area contributed by atoms with Gasteiger partial charge in [0.1, 0.15) is 16.9 Å². The molecular formula is C24H16Cl3N5O. The van der Waals surface area contributed by atoms with Crippen LogP contribution in [-0.4, -0.2) is 20.4 Å². The van der Waals surface area contributed by atoms with Crippen molar-refractivity contribution >= 4 is 68.7 Å². The van der Waals surface area contributed by atoms with Gasteiger partial charge in [-0.3, -0.25) is 9.36 Å². The number of carbonyl (C=O) groups is 1. The summed E-state index contributed by atoms with van der Waals surface area (Å²) in [6.07, 6.45) is 0. The van der Waals surface area contributed by atoms with Crippen LogP contribution >= 0.6 is 34.8 Å². The van der Waals surface area contributed by atoms with E-state index in [9.17, 15) is 4.79 Å². The third-order valence-corrected chi connectivity index (χ3v) is 6.24. The van der Waals surface area contributed by atoms with E-state index in [0.29, 0.717) is 49.5 Å². The zero-order valence-corrected chi connectivity index (χ0v) is 19.3.